The summed E-state index contributed by atoms with van der Waals surface area (Å²) < 4.78 is 6.98. The Morgan fingerprint density at radius 1 is 1.06 bits per heavy atom. The van der Waals surface area contributed by atoms with Crippen LogP contribution in [0.4, 0.5) is 5.13 Å². The molecule has 3 aromatic rings. The zero-order valence-electron chi connectivity index (χ0n) is 20.0. The molecule has 0 aliphatic heterocycles. The molecule has 0 fully saturated rings. The average molecular weight is 454 g/mol. The predicted molar refractivity (Wildman–Crippen MR) is 135 cm³/mol. The Balaban J connectivity index is 1.93. The first-order valence-corrected chi connectivity index (χ1v) is 12.4. The maximum atomic E-state index is 13.7. The zero-order valence-corrected chi connectivity index (χ0v) is 20.8. The van der Waals surface area contributed by atoms with Crippen molar-refractivity contribution in [1.82, 2.24) is 9.88 Å². The number of ether oxygens (including phenoxy) is 1. The second-order valence-corrected chi connectivity index (χ2v) is 9.12. The molecule has 0 N–H and O–H groups in total. The number of aromatic nitrogens is 1. The van der Waals surface area contributed by atoms with Gasteiger partial charge in [0.15, 0.2) is 5.13 Å². The zero-order chi connectivity index (χ0) is 23.1. The summed E-state index contributed by atoms with van der Waals surface area (Å²) in [6.45, 7) is 14.6. The highest BCUT2D eigenvalue weighted by atomic mass is 32.1. The van der Waals surface area contributed by atoms with E-state index in [0.29, 0.717) is 18.7 Å². The molecule has 0 aliphatic rings. The van der Waals surface area contributed by atoms with E-state index in [4.69, 9.17) is 9.72 Å². The number of hydrogen-bond donors (Lipinski definition) is 0. The normalized spacial score (nSPS) is 11.3. The van der Waals surface area contributed by atoms with E-state index in [1.54, 1.807) is 11.3 Å². The molecule has 1 heterocycles. The maximum absolute atomic E-state index is 13.7. The van der Waals surface area contributed by atoms with Crippen LogP contribution in [0.1, 0.15) is 55.1 Å². The Labute approximate surface area is 196 Å². The number of carbonyl (C=O) groups excluding carboxylic acids is 1. The van der Waals surface area contributed by atoms with E-state index < -0.39 is 0 Å². The molecule has 0 unspecified atom stereocenters. The molecule has 2 aromatic carbocycles. The SMILES string of the molecule is CCCCOc1cccc(C(=O)N(CCN(CC)CC)c2nc3cc(C)cc(C)c3s2)c1. The summed E-state index contributed by atoms with van der Waals surface area (Å²) in [5.41, 5.74) is 3.97. The monoisotopic (exact) mass is 453 g/mol. The number of aryl methyl sites for hydroxylation is 2. The molecule has 0 radical (unpaired) electrons. The fourth-order valence-electron chi connectivity index (χ4n) is 3.75. The van der Waals surface area contributed by atoms with Crippen LogP contribution in [0, 0.1) is 13.8 Å². The number of unbranched alkanes of at least 4 members (excludes halogenated alkanes) is 1. The minimum Gasteiger partial charge on any atom is -0.494 e. The molecule has 0 saturated carbocycles. The Morgan fingerprint density at radius 3 is 2.56 bits per heavy atom. The minimum absolute atomic E-state index is 0.0356. The molecule has 6 heteroatoms. The molecule has 0 spiro atoms. The van der Waals surface area contributed by atoms with E-state index in [-0.39, 0.29) is 5.91 Å². The van der Waals surface area contributed by atoms with Gasteiger partial charge in [-0.1, -0.05) is 50.7 Å². The molecule has 1 amide bonds. The highest BCUT2D eigenvalue weighted by Crippen LogP contribution is 2.33. The summed E-state index contributed by atoms with van der Waals surface area (Å²) in [4.78, 5) is 22.7. The highest BCUT2D eigenvalue weighted by molar-refractivity contribution is 7.22. The lowest BCUT2D eigenvalue weighted by Gasteiger charge is -2.25. The van der Waals surface area contributed by atoms with Gasteiger partial charge in [0, 0.05) is 18.7 Å². The number of rotatable bonds is 11. The van der Waals surface area contributed by atoms with Crippen LogP contribution in [0.15, 0.2) is 36.4 Å². The second-order valence-electron chi connectivity index (χ2n) is 8.14. The van der Waals surface area contributed by atoms with E-state index in [2.05, 4.69) is 51.7 Å². The van der Waals surface area contributed by atoms with Gasteiger partial charge in [0.25, 0.3) is 5.91 Å². The Hall–Kier alpha value is -2.44. The first kappa shape index (κ1) is 24.2. The van der Waals surface area contributed by atoms with Crippen LogP contribution in [0.25, 0.3) is 10.2 Å². The van der Waals surface area contributed by atoms with Crippen LogP contribution in [0.3, 0.4) is 0 Å². The number of anilines is 1. The third kappa shape index (κ3) is 5.87. The van der Waals surface area contributed by atoms with E-state index >= 15 is 0 Å². The summed E-state index contributed by atoms with van der Waals surface area (Å²) in [5.74, 6) is 0.704. The summed E-state index contributed by atoms with van der Waals surface area (Å²) in [5, 5.41) is 0.753. The Bertz CT molecular complexity index is 1040. The summed E-state index contributed by atoms with van der Waals surface area (Å²) in [7, 11) is 0. The van der Waals surface area contributed by atoms with E-state index in [0.717, 1.165) is 53.6 Å². The van der Waals surface area contributed by atoms with Gasteiger partial charge in [0.2, 0.25) is 0 Å². The lowest BCUT2D eigenvalue weighted by atomic mass is 10.1. The third-order valence-electron chi connectivity index (χ3n) is 5.67. The molecule has 5 nitrogen and oxygen atoms in total. The summed E-state index contributed by atoms with van der Waals surface area (Å²) >= 11 is 1.60. The highest BCUT2D eigenvalue weighted by Gasteiger charge is 2.23. The quantitative estimate of drug-likeness (QED) is 0.330. The molecule has 0 bridgehead atoms. The largest absolute Gasteiger partial charge is 0.494 e. The van der Waals surface area contributed by atoms with Gasteiger partial charge in [0.1, 0.15) is 5.75 Å². The van der Waals surface area contributed by atoms with Gasteiger partial charge in [-0.15, -0.1) is 0 Å². The van der Waals surface area contributed by atoms with Crippen molar-refractivity contribution in [2.75, 3.05) is 37.7 Å². The van der Waals surface area contributed by atoms with Crippen molar-refractivity contribution in [3.05, 3.63) is 53.1 Å². The van der Waals surface area contributed by atoms with Crippen molar-refractivity contribution in [3.63, 3.8) is 0 Å². The lowest BCUT2D eigenvalue weighted by Crippen LogP contribution is -2.38. The van der Waals surface area contributed by atoms with Crippen molar-refractivity contribution in [2.24, 2.45) is 0 Å². The number of carbonyl (C=O) groups is 1. The smallest absolute Gasteiger partial charge is 0.260 e. The van der Waals surface area contributed by atoms with Gasteiger partial charge in [-0.3, -0.25) is 9.69 Å². The van der Waals surface area contributed by atoms with Gasteiger partial charge in [-0.25, -0.2) is 4.98 Å². The molecule has 1 aromatic heterocycles. The average Bonchev–Trinajstić information content (AvgIpc) is 3.21. The number of nitrogens with zero attached hydrogens (tertiary/aromatic N) is 3. The first-order chi connectivity index (χ1) is 15.5. The van der Waals surface area contributed by atoms with Gasteiger partial charge in [-0.2, -0.15) is 0 Å². The van der Waals surface area contributed by atoms with E-state index in [9.17, 15) is 4.79 Å². The minimum atomic E-state index is -0.0356. The first-order valence-electron chi connectivity index (χ1n) is 11.6. The van der Waals surface area contributed by atoms with Gasteiger partial charge in [-0.05, 0) is 68.8 Å². The fraction of sp³-hybridized carbons (Fsp3) is 0.462. The van der Waals surface area contributed by atoms with Crippen molar-refractivity contribution in [3.8, 4) is 5.75 Å². The third-order valence-corrected chi connectivity index (χ3v) is 6.90. The van der Waals surface area contributed by atoms with Crippen LogP contribution in [-0.2, 0) is 0 Å². The van der Waals surface area contributed by atoms with Crippen molar-refractivity contribution in [2.45, 2.75) is 47.5 Å². The second kappa shape index (κ2) is 11.4. The van der Waals surface area contributed by atoms with Crippen LogP contribution >= 0.6 is 11.3 Å². The number of thiazole rings is 1. The number of benzene rings is 2. The van der Waals surface area contributed by atoms with Crippen LogP contribution < -0.4 is 9.64 Å². The number of likely N-dealkylation sites (N-methyl/N-ethyl adjacent to an activating group) is 1. The number of amides is 1. The number of hydrogen-bond acceptors (Lipinski definition) is 5. The van der Waals surface area contributed by atoms with Gasteiger partial charge >= 0.3 is 0 Å². The Kier molecular flexibility index (Phi) is 8.65. The summed E-state index contributed by atoms with van der Waals surface area (Å²) in [6, 6.07) is 11.8. The molecule has 0 atom stereocenters. The van der Waals surface area contributed by atoms with Crippen molar-refractivity contribution >= 4 is 32.6 Å². The van der Waals surface area contributed by atoms with E-state index in [1.165, 1.54) is 11.1 Å². The molecule has 0 saturated heterocycles. The standard InChI is InChI=1S/C26H35N3O2S/c1-6-9-15-31-22-12-10-11-21(18-22)25(30)29(14-13-28(7-2)8-3)26-27-23-17-19(4)16-20(5)24(23)32-26/h10-12,16-18H,6-9,13-15H2,1-5H3. The van der Waals surface area contributed by atoms with Gasteiger partial charge in [0.05, 0.1) is 16.8 Å². The molecule has 3 rings (SSSR count). The molecule has 32 heavy (non-hydrogen) atoms. The van der Waals surface area contributed by atoms with Crippen LogP contribution in [-0.4, -0.2) is 48.6 Å². The Morgan fingerprint density at radius 2 is 1.84 bits per heavy atom. The van der Waals surface area contributed by atoms with E-state index in [1.807, 2.05) is 29.2 Å². The molecular weight excluding hydrogens is 418 g/mol. The predicted octanol–water partition coefficient (Wildman–Crippen LogP) is 6.08. The maximum Gasteiger partial charge on any atom is 0.260 e. The lowest BCUT2D eigenvalue weighted by molar-refractivity contribution is 0.0983. The molecular formula is C26H35N3O2S. The van der Waals surface area contributed by atoms with Crippen molar-refractivity contribution < 1.29 is 9.53 Å². The fourth-order valence-corrected chi connectivity index (χ4v) is 4.79. The van der Waals surface area contributed by atoms with Crippen molar-refractivity contribution in [1.29, 1.82) is 0 Å². The number of fused-ring (bicyclic) bond motifs is 1. The topological polar surface area (TPSA) is 45.7 Å². The molecule has 172 valence electrons. The summed E-state index contributed by atoms with van der Waals surface area (Å²) in [6.07, 6.45) is 2.08. The van der Waals surface area contributed by atoms with Crippen LogP contribution in [0.5, 0.6) is 5.75 Å². The molecule has 0 aliphatic carbocycles. The van der Waals surface area contributed by atoms with Crippen LogP contribution in [0.2, 0.25) is 0 Å². The van der Waals surface area contributed by atoms with Gasteiger partial charge < -0.3 is 9.64 Å².